The van der Waals surface area contributed by atoms with Gasteiger partial charge in [-0.25, -0.2) is 9.79 Å². The average Bonchev–Trinajstić information content (AvgIpc) is 3.04. The molecule has 0 spiro atoms. The Morgan fingerprint density at radius 2 is 2.11 bits per heavy atom. The van der Waals surface area contributed by atoms with Crippen molar-refractivity contribution in [3.8, 4) is 0 Å². The molecule has 0 aliphatic carbocycles. The average molecular weight is 396 g/mol. The lowest BCUT2D eigenvalue weighted by Crippen LogP contribution is -2.52. The highest BCUT2D eigenvalue weighted by Gasteiger charge is 2.25. The Bertz CT molecular complexity index is 665. The molecular weight excluding hydrogens is 364 g/mol. The molecule has 3 N–H and O–H groups in total. The number of aryl methyl sites for hydroxylation is 1. The molecule has 2 rings (SSSR count). The number of hydrogen-bond acceptors (Lipinski definition) is 7. The third-order valence-electron chi connectivity index (χ3n) is 4.42. The summed E-state index contributed by atoms with van der Waals surface area (Å²) < 4.78 is 15.7. The number of carbonyl (C=O) groups is 1. The van der Waals surface area contributed by atoms with Crippen molar-refractivity contribution < 1.29 is 23.8 Å². The van der Waals surface area contributed by atoms with E-state index in [9.17, 15) is 9.90 Å². The molecular formula is C19H32N4O5. The van der Waals surface area contributed by atoms with Gasteiger partial charge in [0, 0.05) is 32.7 Å². The van der Waals surface area contributed by atoms with E-state index in [1.165, 1.54) is 7.11 Å². The van der Waals surface area contributed by atoms with Crippen molar-refractivity contribution >= 4 is 11.9 Å². The summed E-state index contributed by atoms with van der Waals surface area (Å²) >= 11 is 0. The fourth-order valence-corrected chi connectivity index (χ4v) is 3.00. The zero-order chi connectivity index (χ0) is 20.6. The number of ether oxygens (including phenoxy) is 2. The second kappa shape index (κ2) is 10.4. The fraction of sp³-hybridized carbons (Fsp3) is 0.684. The first-order valence-electron chi connectivity index (χ1n) is 9.57. The summed E-state index contributed by atoms with van der Waals surface area (Å²) in [7, 11) is 1.34. The molecule has 1 fully saturated rings. The normalized spacial score (nSPS) is 17.8. The molecule has 1 aromatic heterocycles. The topological polar surface area (TPSA) is 109 Å². The van der Waals surface area contributed by atoms with Crippen LogP contribution < -0.4 is 10.6 Å². The van der Waals surface area contributed by atoms with Crippen molar-refractivity contribution in [2.24, 2.45) is 4.99 Å². The van der Waals surface area contributed by atoms with Gasteiger partial charge in [0.2, 0.25) is 0 Å². The maximum Gasteiger partial charge on any atom is 0.341 e. The van der Waals surface area contributed by atoms with Crippen LogP contribution in [-0.2, 0) is 16.0 Å². The minimum absolute atomic E-state index is 0.263. The number of methoxy groups -OCH3 is 1. The van der Waals surface area contributed by atoms with E-state index in [0.29, 0.717) is 55.9 Å². The Hall–Kier alpha value is -2.10. The molecule has 2 heterocycles. The molecule has 0 saturated carbocycles. The first kappa shape index (κ1) is 22.2. The van der Waals surface area contributed by atoms with Crippen molar-refractivity contribution in [3.63, 3.8) is 0 Å². The quantitative estimate of drug-likeness (QED) is 0.331. The van der Waals surface area contributed by atoms with Gasteiger partial charge in [-0.2, -0.15) is 0 Å². The number of guanidine groups is 1. The summed E-state index contributed by atoms with van der Waals surface area (Å²) in [6, 6.07) is 1.64. The van der Waals surface area contributed by atoms with Gasteiger partial charge < -0.3 is 29.6 Å². The van der Waals surface area contributed by atoms with Crippen LogP contribution in [0.1, 0.15) is 35.7 Å². The van der Waals surface area contributed by atoms with Crippen molar-refractivity contribution in [1.29, 1.82) is 0 Å². The summed E-state index contributed by atoms with van der Waals surface area (Å²) in [5.41, 5.74) is -0.508. The van der Waals surface area contributed by atoms with E-state index in [1.54, 1.807) is 19.9 Å². The molecule has 1 saturated heterocycles. The van der Waals surface area contributed by atoms with Crippen LogP contribution in [0.3, 0.4) is 0 Å². The molecule has 9 heteroatoms. The molecule has 1 unspecified atom stereocenters. The van der Waals surface area contributed by atoms with Crippen LogP contribution in [-0.4, -0.2) is 80.6 Å². The van der Waals surface area contributed by atoms with Gasteiger partial charge >= 0.3 is 5.97 Å². The van der Waals surface area contributed by atoms with Crippen LogP contribution >= 0.6 is 0 Å². The zero-order valence-electron chi connectivity index (χ0n) is 17.2. The Morgan fingerprint density at radius 3 is 2.75 bits per heavy atom. The number of β-amino-alcohol motifs (C(OH)–C–C–N with tert-alkyl or cyclic N) is 1. The van der Waals surface area contributed by atoms with Gasteiger partial charge in [-0.05, 0) is 26.8 Å². The Balaban J connectivity index is 1.93. The van der Waals surface area contributed by atoms with E-state index in [4.69, 9.17) is 13.9 Å². The van der Waals surface area contributed by atoms with Gasteiger partial charge in [0.1, 0.15) is 23.6 Å². The van der Waals surface area contributed by atoms with Crippen molar-refractivity contribution in [2.45, 2.75) is 32.9 Å². The number of hydrogen-bond donors (Lipinski definition) is 3. The lowest BCUT2D eigenvalue weighted by molar-refractivity contribution is -0.0201. The van der Waals surface area contributed by atoms with Crippen molar-refractivity contribution in [1.82, 2.24) is 15.5 Å². The maximum atomic E-state index is 11.7. The number of aliphatic hydroxyl groups is 1. The minimum Gasteiger partial charge on any atom is -0.465 e. The third-order valence-corrected chi connectivity index (χ3v) is 4.42. The summed E-state index contributed by atoms with van der Waals surface area (Å²) in [5.74, 6) is 1.21. The fourth-order valence-electron chi connectivity index (χ4n) is 3.00. The number of esters is 1. The molecule has 0 radical (unpaired) electrons. The largest absolute Gasteiger partial charge is 0.465 e. The first-order chi connectivity index (χ1) is 13.3. The van der Waals surface area contributed by atoms with E-state index in [0.717, 1.165) is 13.1 Å². The number of nitrogens with one attached hydrogen (secondary N) is 2. The van der Waals surface area contributed by atoms with Crippen molar-refractivity contribution in [3.05, 3.63) is 23.2 Å². The van der Waals surface area contributed by atoms with Gasteiger partial charge in [0.25, 0.3) is 0 Å². The number of aliphatic imine (C=N–C) groups is 1. The predicted molar refractivity (Wildman–Crippen MR) is 105 cm³/mol. The maximum absolute atomic E-state index is 11.7. The van der Waals surface area contributed by atoms with Gasteiger partial charge in [-0.1, -0.05) is 0 Å². The molecule has 1 aromatic rings. The number of nitrogens with zero attached hydrogens (tertiary/aromatic N) is 2. The second-order valence-electron chi connectivity index (χ2n) is 7.11. The van der Waals surface area contributed by atoms with Gasteiger partial charge in [-0.3, -0.25) is 4.90 Å². The standard InChI is InChI=1S/C19H32N4O5/c1-5-20-18(21-11-15-10-16(14(2)28-15)17(24)26-4)22-12-19(3,25)13-23-6-8-27-9-7-23/h10,25H,5-9,11-13H2,1-4H3,(H2,20,21,22). The summed E-state index contributed by atoms with van der Waals surface area (Å²) in [6.45, 7) is 10.4. The van der Waals surface area contributed by atoms with Gasteiger partial charge in [-0.15, -0.1) is 0 Å². The van der Waals surface area contributed by atoms with Crippen LogP contribution in [0, 0.1) is 6.92 Å². The highest BCUT2D eigenvalue weighted by atomic mass is 16.5. The molecule has 0 amide bonds. The van der Waals surface area contributed by atoms with Crippen LogP contribution in [0.2, 0.25) is 0 Å². The van der Waals surface area contributed by atoms with Crippen LogP contribution in [0.25, 0.3) is 0 Å². The van der Waals surface area contributed by atoms with E-state index < -0.39 is 11.6 Å². The SMILES string of the molecule is CCNC(=NCc1cc(C(=O)OC)c(C)o1)NCC(C)(O)CN1CCOCC1. The molecule has 1 aliphatic heterocycles. The summed E-state index contributed by atoms with van der Waals surface area (Å²) in [6.07, 6.45) is 0. The van der Waals surface area contributed by atoms with E-state index in [1.807, 2.05) is 6.92 Å². The lowest BCUT2D eigenvalue weighted by atomic mass is 10.1. The second-order valence-corrected chi connectivity index (χ2v) is 7.11. The molecule has 1 atom stereocenters. The number of morpholine rings is 1. The van der Waals surface area contributed by atoms with E-state index in [-0.39, 0.29) is 6.54 Å². The van der Waals surface area contributed by atoms with Crippen molar-refractivity contribution in [2.75, 3.05) is 53.0 Å². The molecule has 28 heavy (non-hydrogen) atoms. The number of furan rings is 1. The van der Waals surface area contributed by atoms with Crippen LogP contribution in [0.15, 0.2) is 15.5 Å². The van der Waals surface area contributed by atoms with Crippen LogP contribution in [0.5, 0.6) is 0 Å². The van der Waals surface area contributed by atoms with E-state index >= 15 is 0 Å². The summed E-state index contributed by atoms with van der Waals surface area (Å²) in [5, 5.41) is 17.0. The van der Waals surface area contributed by atoms with E-state index in [2.05, 4.69) is 20.5 Å². The predicted octanol–water partition coefficient (Wildman–Crippen LogP) is 0.513. The number of rotatable bonds is 8. The Labute approximate surface area is 166 Å². The third kappa shape index (κ3) is 6.81. The molecule has 9 nitrogen and oxygen atoms in total. The molecule has 0 bridgehead atoms. The van der Waals surface area contributed by atoms with Gasteiger partial charge in [0.05, 0.1) is 25.9 Å². The molecule has 0 aromatic carbocycles. The first-order valence-corrected chi connectivity index (χ1v) is 9.57. The Morgan fingerprint density at radius 1 is 1.39 bits per heavy atom. The highest BCUT2D eigenvalue weighted by Crippen LogP contribution is 2.16. The lowest BCUT2D eigenvalue weighted by Gasteiger charge is -2.34. The minimum atomic E-state index is -0.910. The molecule has 1 aliphatic rings. The monoisotopic (exact) mass is 396 g/mol. The zero-order valence-corrected chi connectivity index (χ0v) is 17.2. The molecule has 158 valence electrons. The van der Waals surface area contributed by atoms with Crippen LogP contribution in [0.4, 0.5) is 0 Å². The highest BCUT2D eigenvalue weighted by molar-refractivity contribution is 5.90. The summed E-state index contributed by atoms with van der Waals surface area (Å²) in [4.78, 5) is 18.3. The smallest absolute Gasteiger partial charge is 0.341 e. The Kier molecular flexibility index (Phi) is 8.28. The van der Waals surface area contributed by atoms with Gasteiger partial charge in [0.15, 0.2) is 5.96 Å². The number of carbonyl (C=O) groups excluding carboxylic acids is 1.